The molecule has 0 unspecified atom stereocenters. The Labute approximate surface area is 194 Å². The SMILES string of the molecule is Cn1cc(CC2CCC3(CC2)CCN(C(=O)Nc2nc(-c4cccnc4)ccc2N)C3)cn1. The number of anilines is 2. The van der Waals surface area contributed by atoms with E-state index in [4.69, 9.17) is 5.73 Å². The van der Waals surface area contributed by atoms with Crippen LogP contribution in [0.2, 0.25) is 0 Å². The van der Waals surface area contributed by atoms with E-state index in [-0.39, 0.29) is 11.4 Å². The van der Waals surface area contributed by atoms with Crippen molar-refractivity contribution >= 4 is 17.5 Å². The summed E-state index contributed by atoms with van der Waals surface area (Å²) in [7, 11) is 1.97. The third-order valence-corrected chi connectivity index (χ3v) is 7.28. The minimum absolute atomic E-state index is 0.119. The van der Waals surface area contributed by atoms with Crippen molar-refractivity contribution in [2.45, 2.75) is 38.5 Å². The molecule has 4 heterocycles. The molecule has 1 saturated heterocycles. The first-order chi connectivity index (χ1) is 16.0. The number of nitrogens with two attached hydrogens (primary N) is 1. The second-order valence-corrected chi connectivity index (χ2v) is 9.65. The van der Waals surface area contributed by atoms with Gasteiger partial charge in [-0.2, -0.15) is 5.10 Å². The number of likely N-dealkylation sites (tertiary alicyclic amines) is 1. The number of carbonyl (C=O) groups is 1. The van der Waals surface area contributed by atoms with E-state index in [0.717, 1.165) is 37.2 Å². The highest BCUT2D eigenvalue weighted by Gasteiger charge is 2.42. The average Bonchev–Trinajstić information content (AvgIpc) is 3.44. The van der Waals surface area contributed by atoms with Gasteiger partial charge in [-0.05, 0) is 79.7 Å². The van der Waals surface area contributed by atoms with Gasteiger partial charge in [0.15, 0.2) is 5.82 Å². The summed E-state index contributed by atoms with van der Waals surface area (Å²) in [6.45, 7) is 1.59. The maximum Gasteiger partial charge on any atom is 0.323 e. The fraction of sp³-hybridized carbons (Fsp3) is 0.440. The van der Waals surface area contributed by atoms with Gasteiger partial charge in [-0.25, -0.2) is 9.78 Å². The highest BCUT2D eigenvalue weighted by molar-refractivity contribution is 5.92. The minimum atomic E-state index is -0.119. The summed E-state index contributed by atoms with van der Waals surface area (Å²) in [5, 5.41) is 7.24. The van der Waals surface area contributed by atoms with Crippen molar-refractivity contribution < 1.29 is 4.79 Å². The van der Waals surface area contributed by atoms with E-state index in [2.05, 4.69) is 26.6 Å². The standard InChI is InChI=1S/C25H31N7O/c1-31-16-19(14-28-31)13-18-6-8-25(9-7-18)10-12-32(17-25)24(33)30-23-21(26)4-5-22(29-23)20-3-2-11-27-15-20/h2-5,11,14-16,18H,6-10,12-13,17,26H2,1H3,(H,29,30,33). The summed E-state index contributed by atoms with van der Waals surface area (Å²) in [5.74, 6) is 1.12. The summed E-state index contributed by atoms with van der Waals surface area (Å²) in [5.41, 5.74) is 9.76. The summed E-state index contributed by atoms with van der Waals surface area (Å²) >= 11 is 0. The molecule has 172 valence electrons. The molecule has 3 N–H and O–H groups in total. The molecule has 2 aliphatic rings. The lowest BCUT2D eigenvalue weighted by Gasteiger charge is -2.37. The fourth-order valence-electron chi connectivity index (χ4n) is 5.35. The van der Waals surface area contributed by atoms with Gasteiger partial charge in [0, 0.05) is 44.3 Å². The number of nitrogen functional groups attached to an aromatic ring is 1. The Bertz CT molecular complexity index is 1120. The zero-order valence-corrected chi connectivity index (χ0v) is 19.1. The second kappa shape index (κ2) is 8.84. The van der Waals surface area contributed by atoms with E-state index in [1.54, 1.807) is 18.5 Å². The smallest absolute Gasteiger partial charge is 0.323 e. The summed E-state index contributed by atoms with van der Waals surface area (Å²) in [6.07, 6.45) is 14.5. The first-order valence-electron chi connectivity index (χ1n) is 11.7. The van der Waals surface area contributed by atoms with Crippen LogP contribution >= 0.6 is 0 Å². The van der Waals surface area contributed by atoms with Crippen LogP contribution in [-0.2, 0) is 13.5 Å². The molecular weight excluding hydrogens is 414 g/mol. The molecule has 0 aromatic carbocycles. The predicted octanol–water partition coefficient (Wildman–Crippen LogP) is 4.12. The summed E-state index contributed by atoms with van der Waals surface area (Å²) in [4.78, 5) is 23.7. The van der Waals surface area contributed by atoms with Gasteiger partial charge < -0.3 is 10.6 Å². The van der Waals surface area contributed by atoms with Crippen molar-refractivity contribution in [2.75, 3.05) is 24.1 Å². The van der Waals surface area contributed by atoms with Crippen LogP contribution in [0.1, 0.15) is 37.7 Å². The zero-order valence-electron chi connectivity index (χ0n) is 19.1. The van der Waals surface area contributed by atoms with Crippen molar-refractivity contribution in [2.24, 2.45) is 18.4 Å². The molecule has 1 spiro atoms. The Morgan fingerprint density at radius 1 is 1.21 bits per heavy atom. The van der Waals surface area contributed by atoms with Crippen LogP contribution in [-0.4, -0.2) is 43.8 Å². The lowest BCUT2D eigenvalue weighted by atomic mass is 9.69. The van der Waals surface area contributed by atoms with Gasteiger partial charge in [0.25, 0.3) is 0 Å². The number of rotatable bonds is 4. The average molecular weight is 446 g/mol. The Kier molecular flexibility index (Phi) is 5.74. The Morgan fingerprint density at radius 3 is 2.79 bits per heavy atom. The molecule has 8 heteroatoms. The van der Waals surface area contributed by atoms with E-state index in [1.807, 2.05) is 41.0 Å². The quantitative estimate of drug-likeness (QED) is 0.629. The van der Waals surface area contributed by atoms with Crippen LogP contribution in [0.4, 0.5) is 16.3 Å². The molecule has 1 aliphatic heterocycles. The molecule has 8 nitrogen and oxygen atoms in total. The molecule has 0 atom stereocenters. The normalized spacial score (nSPS) is 22.6. The van der Waals surface area contributed by atoms with Crippen molar-refractivity contribution in [3.05, 3.63) is 54.6 Å². The van der Waals surface area contributed by atoms with Crippen LogP contribution in [0.5, 0.6) is 0 Å². The van der Waals surface area contributed by atoms with E-state index in [0.29, 0.717) is 17.4 Å². The topological polar surface area (TPSA) is 102 Å². The van der Waals surface area contributed by atoms with Crippen LogP contribution < -0.4 is 11.1 Å². The molecule has 3 aromatic rings. The maximum atomic E-state index is 13.0. The van der Waals surface area contributed by atoms with Gasteiger partial charge in [0.05, 0.1) is 17.6 Å². The number of pyridine rings is 2. The molecular formula is C25H31N7O. The van der Waals surface area contributed by atoms with Gasteiger partial charge in [0.1, 0.15) is 0 Å². The molecule has 0 radical (unpaired) electrons. The highest BCUT2D eigenvalue weighted by Crippen LogP contribution is 2.46. The van der Waals surface area contributed by atoms with Crippen molar-refractivity contribution in [3.63, 3.8) is 0 Å². The lowest BCUT2D eigenvalue weighted by Crippen LogP contribution is -2.37. The van der Waals surface area contributed by atoms with Crippen LogP contribution in [0, 0.1) is 11.3 Å². The third-order valence-electron chi connectivity index (χ3n) is 7.28. The van der Waals surface area contributed by atoms with Crippen LogP contribution in [0.3, 0.4) is 0 Å². The Hall–Kier alpha value is -3.42. The summed E-state index contributed by atoms with van der Waals surface area (Å²) in [6, 6.07) is 7.30. The molecule has 2 fully saturated rings. The lowest BCUT2D eigenvalue weighted by molar-refractivity contribution is 0.153. The number of hydrogen-bond acceptors (Lipinski definition) is 5. The van der Waals surface area contributed by atoms with Crippen LogP contribution in [0.15, 0.2) is 49.1 Å². The zero-order chi connectivity index (χ0) is 22.8. The largest absolute Gasteiger partial charge is 0.396 e. The van der Waals surface area contributed by atoms with Gasteiger partial charge in [-0.3, -0.25) is 15.0 Å². The van der Waals surface area contributed by atoms with Crippen molar-refractivity contribution in [3.8, 4) is 11.3 Å². The molecule has 3 aromatic heterocycles. The van der Waals surface area contributed by atoms with Gasteiger partial charge in [-0.15, -0.1) is 0 Å². The number of carbonyl (C=O) groups excluding carboxylic acids is 1. The number of hydrogen-bond donors (Lipinski definition) is 2. The summed E-state index contributed by atoms with van der Waals surface area (Å²) < 4.78 is 1.88. The van der Waals surface area contributed by atoms with Gasteiger partial charge >= 0.3 is 6.03 Å². The maximum absolute atomic E-state index is 13.0. The van der Waals surface area contributed by atoms with E-state index >= 15 is 0 Å². The number of nitrogens with one attached hydrogen (secondary N) is 1. The first-order valence-corrected chi connectivity index (χ1v) is 11.7. The van der Waals surface area contributed by atoms with Crippen molar-refractivity contribution in [1.82, 2.24) is 24.6 Å². The number of aromatic nitrogens is 4. The van der Waals surface area contributed by atoms with E-state index in [1.165, 1.54) is 31.2 Å². The van der Waals surface area contributed by atoms with Gasteiger partial charge in [0.2, 0.25) is 0 Å². The predicted molar refractivity (Wildman–Crippen MR) is 128 cm³/mol. The second-order valence-electron chi connectivity index (χ2n) is 9.65. The monoisotopic (exact) mass is 445 g/mol. The third kappa shape index (κ3) is 4.69. The Balaban J connectivity index is 1.19. The molecule has 5 rings (SSSR count). The number of amides is 2. The number of aryl methyl sites for hydroxylation is 1. The minimum Gasteiger partial charge on any atom is -0.396 e. The number of urea groups is 1. The van der Waals surface area contributed by atoms with Gasteiger partial charge in [-0.1, -0.05) is 0 Å². The van der Waals surface area contributed by atoms with E-state index in [9.17, 15) is 4.79 Å². The highest BCUT2D eigenvalue weighted by atomic mass is 16.2. The molecule has 1 aliphatic carbocycles. The number of nitrogens with zero attached hydrogens (tertiary/aromatic N) is 5. The first kappa shape index (κ1) is 21.4. The fourth-order valence-corrected chi connectivity index (χ4v) is 5.35. The van der Waals surface area contributed by atoms with Crippen molar-refractivity contribution in [1.29, 1.82) is 0 Å². The molecule has 2 amide bonds. The van der Waals surface area contributed by atoms with Crippen LogP contribution in [0.25, 0.3) is 11.3 Å². The Morgan fingerprint density at radius 2 is 2.06 bits per heavy atom. The molecule has 33 heavy (non-hydrogen) atoms. The van der Waals surface area contributed by atoms with E-state index < -0.39 is 0 Å². The molecule has 0 bridgehead atoms. The molecule has 1 saturated carbocycles.